The highest BCUT2D eigenvalue weighted by molar-refractivity contribution is 5.87. The van der Waals surface area contributed by atoms with Crippen LogP contribution in [-0.4, -0.2) is 24.9 Å². The molecular formula is C19H13N7. The van der Waals surface area contributed by atoms with Crippen molar-refractivity contribution < 1.29 is 0 Å². The van der Waals surface area contributed by atoms with E-state index >= 15 is 0 Å². The lowest BCUT2D eigenvalue weighted by molar-refractivity contribution is 1.10. The molecule has 0 saturated heterocycles. The predicted molar refractivity (Wildman–Crippen MR) is 97.7 cm³/mol. The van der Waals surface area contributed by atoms with Gasteiger partial charge in [-0.05, 0) is 25.1 Å². The highest BCUT2D eigenvalue weighted by Crippen LogP contribution is 2.30. The van der Waals surface area contributed by atoms with E-state index < -0.39 is 0 Å². The van der Waals surface area contributed by atoms with Crippen molar-refractivity contribution in [2.75, 3.05) is 5.73 Å². The normalized spacial score (nSPS) is 10.6. The van der Waals surface area contributed by atoms with Crippen LogP contribution in [0.1, 0.15) is 11.4 Å². The van der Waals surface area contributed by atoms with Crippen molar-refractivity contribution in [3.8, 4) is 28.7 Å². The summed E-state index contributed by atoms with van der Waals surface area (Å²) in [6.45, 7) is 1.85. The number of nitriles is 1. The van der Waals surface area contributed by atoms with Gasteiger partial charge in [-0.25, -0.2) is 9.97 Å². The number of nitrogens with zero attached hydrogens (tertiary/aromatic N) is 6. The molecule has 0 aliphatic carbocycles. The van der Waals surface area contributed by atoms with E-state index in [2.05, 4.69) is 24.9 Å². The number of nitrogens with two attached hydrogens (primary N) is 1. The fourth-order valence-corrected chi connectivity index (χ4v) is 2.65. The Balaban J connectivity index is 1.98. The highest BCUT2D eigenvalue weighted by Gasteiger charge is 2.17. The molecule has 0 unspecified atom stereocenters. The van der Waals surface area contributed by atoms with Crippen LogP contribution < -0.4 is 5.73 Å². The molecule has 26 heavy (non-hydrogen) atoms. The van der Waals surface area contributed by atoms with Gasteiger partial charge in [0.1, 0.15) is 17.5 Å². The van der Waals surface area contributed by atoms with E-state index in [4.69, 9.17) is 5.73 Å². The molecule has 7 nitrogen and oxygen atoms in total. The molecule has 0 radical (unpaired) electrons. The van der Waals surface area contributed by atoms with Crippen molar-refractivity contribution in [3.05, 3.63) is 60.3 Å². The van der Waals surface area contributed by atoms with Crippen LogP contribution in [0.25, 0.3) is 33.5 Å². The van der Waals surface area contributed by atoms with E-state index in [0.29, 0.717) is 17.1 Å². The topological polar surface area (TPSA) is 114 Å². The van der Waals surface area contributed by atoms with Crippen LogP contribution >= 0.6 is 0 Å². The van der Waals surface area contributed by atoms with Gasteiger partial charge in [0.2, 0.25) is 0 Å². The molecule has 0 saturated carbocycles. The van der Waals surface area contributed by atoms with Crippen molar-refractivity contribution in [2.45, 2.75) is 6.92 Å². The van der Waals surface area contributed by atoms with Gasteiger partial charge in [-0.3, -0.25) is 15.0 Å². The zero-order valence-electron chi connectivity index (χ0n) is 13.9. The summed E-state index contributed by atoms with van der Waals surface area (Å²) in [4.78, 5) is 21.8. The Hall–Kier alpha value is -3.92. The second-order valence-corrected chi connectivity index (χ2v) is 5.72. The number of pyridine rings is 1. The number of aromatic nitrogens is 5. The molecular weight excluding hydrogens is 326 g/mol. The minimum atomic E-state index is 0.0658. The number of benzene rings is 1. The van der Waals surface area contributed by atoms with Gasteiger partial charge in [-0.1, -0.05) is 12.1 Å². The van der Waals surface area contributed by atoms with Gasteiger partial charge in [0, 0.05) is 23.3 Å². The number of nitrogen functional groups attached to an aromatic ring is 1. The number of anilines is 1. The molecule has 0 aliphatic heterocycles. The second kappa shape index (κ2) is 6.18. The smallest absolute Gasteiger partial charge is 0.183 e. The van der Waals surface area contributed by atoms with Crippen molar-refractivity contribution >= 4 is 16.7 Å². The Morgan fingerprint density at radius 3 is 2.65 bits per heavy atom. The first-order valence-corrected chi connectivity index (χ1v) is 7.87. The molecule has 0 spiro atoms. The Kier molecular flexibility index (Phi) is 3.71. The van der Waals surface area contributed by atoms with Crippen molar-refractivity contribution in [3.63, 3.8) is 0 Å². The Morgan fingerprint density at radius 2 is 1.88 bits per heavy atom. The molecule has 0 atom stereocenters. The quantitative estimate of drug-likeness (QED) is 0.597. The maximum atomic E-state index is 9.29. The highest BCUT2D eigenvalue weighted by atomic mass is 15.0. The molecule has 1 aromatic carbocycles. The maximum absolute atomic E-state index is 9.29. The lowest BCUT2D eigenvalue weighted by Crippen LogP contribution is -2.04. The van der Waals surface area contributed by atoms with Gasteiger partial charge in [0.05, 0.1) is 23.1 Å². The first kappa shape index (κ1) is 15.6. The Bertz CT molecular complexity index is 1160. The van der Waals surface area contributed by atoms with Gasteiger partial charge < -0.3 is 5.73 Å². The molecule has 0 fully saturated rings. The number of hydrogen-bond acceptors (Lipinski definition) is 7. The lowest BCUT2D eigenvalue weighted by Gasteiger charge is -2.10. The van der Waals surface area contributed by atoms with Crippen LogP contribution in [0.5, 0.6) is 0 Å². The van der Waals surface area contributed by atoms with Crippen LogP contribution in [0.3, 0.4) is 0 Å². The summed E-state index contributed by atoms with van der Waals surface area (Å²) in [5.41, 5.74) is 9.98. The molecule has 3 aromatic heterocycles. The Morgan fingerprint density at radius 1 is 1.00 bits per heavy atom. The summed E-state index contributed by atoms with van der Waals surface area (Å²) >= 11 is 0. The van der Waals surface area contributed by atoms with E-state index in [1.165, 1.54) is 0 Å². The van der Waals surface area contributed by atoms with E-state index in [-0.39, 0.29) is 11.5 Å². The number of hydrogen-bond donors (Lipinski definition) is 1. The van der Waals surface area contributed by atoms with Crippen LogP contribution in [-0.2, 0) is 0 Å². The third kappa shape index (κ3) is 2.70. The summed E-state index contributed by atoms with van der Waals surface area (Å²) < 4.78 is 0. The fraction of sp³-hybridized carbons (Fsp3) is 0.0526. The van der Waals surface area contributed by atoms with Crippen molar-refractivity contribution in [1.29, 1.82) is 5.26 Å². The lowest BCUT2D eigenvalue weighted by atomic mass is 10.0. The van der Waals surface area contributed by atoms with E-state index in [9.17, 15) is 5.26 Å². The standard InChI is InChI=1S/C19H13N7/c1-11-9-24-16(10-23-11)18-17(25-15(8-20)19(21)26-18)13-4-5-14-12(7-13)3-2-6-22-14/h2-7,9-10H,1H3,(H2,21,26). The van der Waals surface area contributed by atoms with E-state index in [1.54, 1.807) is 18.6 Å². The van der Waals surface area contributed by atoms with Gasteiger partial charge >= 0.3 is 0 Å². The summed E-state index contributed by atoms with van der Waals surface area (Å²) in [6, 6.07) is 11.6. The van der Waals surface area contributed by atoms with Crippen LogP contribution in [0.15, 0.2) is 48.9 Å². The minimum Gasteiger partial charge on any atom is -0.381 e. The second-order valence-electron chi connectivity index (χ2n) is 5.72. The largest absolute Gasteiger partial charge is 0.381 e. The van der Waals surface area contributed by atoms with Crippen molar-refractivity contribution in [2.24, 2.45) is 0 Å². The van der Waals surface area contributed by atoms with E-state index in [0.717, 1.165) is 22.2 Å². The van der Waals surface area contributed by atoms with Gasteiger partial charge in [0.25, 0.3) is 0 Å². The summed E-state index contributed by atoms with van der Waals surface area (Å²) in [5, 5.41) is 10.3. The first-order valence-electron chi connectivity index (χ1n) is 7.87. The molecule has 7 heteroatoms. The SMILES string of the molecule is Cc1cnc(-c2nc(N)c(C#N)nc2-c2ccc3ncccc3c2)cn1. The Labute approximate surface area is 149 Å². The molecule has 124 valence electrons. The first-order chi connectivity index (χ1) is 12.7. The van der Waals surface area contributed by atoms with Crippen LogP contribution in [0.2, 0.25) is 0 Å². The van der Waals surface area contributed by atoms with E-state index in [1.807, 2.05) is 43.3 Å². The molecule has 0 amide bonds. The van der Waals surface area contributed by atoms with Crippen LogP contribution in [0.4, 0.5) is 5.82 Å². The summed E-state index contributed by atoms with van der Waals surface area (Å²) in [7, 11) is 0. The minimum absolute atomic E-state index is 0.0658. The fourth-order valence-electron chi connectivity index (χ4n) is 2.65. The summed E-state index contributed by atoms with van der Waals surface area (Å²) in [6.07, 6.45) is 5.02. The molecule has 0 bridgehead atoms. The molecule has 3 heterocycles. The zero-order valence-corrected chi connectivity index (χ0v) is 13.9. The van der Waals surface area contributed by atoms with Crippen molar-refractivity contribution in [1.82, 2.24) is 24.9 Å². The zero-order chi connectivity index (χ0) is 18.1. The average Bonchev–Trinajstić information content (AvgIpc) is 2.68. The third-order valence-corrected chi connectivity index (χ3v) is 3.93. The van der Waals surface area contributed by atoms with Gasteiger partial charge in [-0.2, -0.15) is 5.26 Å². The molecule has 2 N–H and O–H groups in total. The third-order valence-electron chi connectivity index (χ3n) is 3.93. The van der Waals surface area contributed by atoms with Gasteiger partial charge in [-0.15, -0.1) is 0 Å². The molecule has 0 aliphatic rings. The molecule has 4 aromatic rings. The average molecular weight is 339 g/mol. The number of fused-ring (bicyclic) bond motifs is 1. The number of rotatable bonds is 2. The van der Waals surface area contributed by atoms with Crippen LogP contribution in [0, 0.1) is 18.3 Å². The monoisotopic (exact) mass is 339 g/mol. The molecule has 4 rings (SSSR count). The van der Waals surface area contributed by atoms with Gasteiger partial charge in [0.15, 0.2) is 11.5 Å². The number of aryl methyl sites for hydroxylation is 1. The summed E-state index contributed by atoms with van der Waals surface area (Å²) in [5.74, 6) is 0.0658. The predicted octanol–water partition coefficient (Wildman–Crippen LogP) is 2.91. The maximum Gasteiger partial charge on any atom is 0.183 e.